The first-order valence-electron chi connectivity index (χ1n) is 5.35. The van der Waals surface area contributed by atoms with Crippen molar-refractivity contribution in [3.05, 3.63) is 69.2 Å². The molecule has 2 aromatic carbocycles. The van der Waals surface area contributed by atoms with E-state index in [0.29, 0.717) is 5.02 Å². The van der Waals surface area contributed by atoms with Crippen LogP contribution >= 0.6 is 23.5 Å². The van der Waals surface area contributed by atoms with E-state index in [1.165, 1.54) is 24.1 Å². The van der Waals surface area contributed by atoms with Gasteiger partial charge in [-0.15, -0.1) is 0 Å². The Kier molecular flexibility index (Phi) is 4.54. The van der Waals surface area contributed by atoms with Gasteiger partial charge in [0.15, 0.2) is 0 Å². The summed E-state index contributed by atoms with van der Waals surface area (Å²) in [5.41, 5.74) is 1.02. The second kappa shape index (κ2) is 6.36. The van der Waals surface area contributed by atoms with Gasteiger partial charge < -0.3 is 0 Å². The molecular formula is C13H9ClN2O2S. The zero-order valence-corrected chi connectivity index (χ0v) is 11.3. The molecule has 0 radical (unpaired) electrons. The van der Waals surface area contributed by atoms with Crippen LogP contribution < -0.4 is 0 Å². The first kappa shape index (κ1) is 13.6. The molecule has 0 saturated heterocycles. The zero-order chi connectivity index (χ0) is 13.7. The molecule has 0 N–H and O–H groups in total. The Hall–Kier alpha value is -1.85. The van der Waals surface area contributed by atoms with Gasteiger partial charge >= 0.3 is 0 Å². The molecule has 0 bridgehead atoms. The molecule has 0 aliphatic heterocycles. The fourth-order valence-electron chi connectivity index (χ4n) is 1.33. The van der Waals surface area contributed by atoms with Crippen molar-refractivity contribution < 1.29 is 4.92 Å². The second-order valence-electron chi connectivity index (χ2n) is 3.63. The predicted octanol–water partition coefficient (Wildman–Crippen LogP) is 4.37. The number of nitro benzene ring substituents is 1. The van der Waals surface area contributed by atoms with Gasteiger partial charge in [0.2, 0.25) is 0 Å². The largest absolute Gasteiger partial charge is 0.269 e. The van der Waals surface area contributed by atoms with E-state index in [2.05, 4.69) is 4.40 Å². The van der Waals surface area contributed by atoms with Crippen molar-refractivity contribution in [2.24, 2.45) is 4.40 Å². The van der Waals surface area contributed by atoms with Gasteiger partial charge in [0.05, 0.1) is 4.92 Å². The number of hydrogen-bond donors (Lipinski definition) is 0. The number of nitrogens with zero attached hydrogens (tertiary/aromatic N) is 2. The Morgan fingerprint density at radius 3 is 2.32 bits per heavy atom. The Balaban J connectivity index is 1.98. The molecule has 0 unspecified atom stereocenters. The maximum absolute atomic E-state index is 10.5. The average molecular weight is 293 g/mol. The van der Waals surface area contributed by atoms with E-state index in [4.69, 9.17) is 11.6 Å². The van der Waals surface area contributed by atoms with E-state index in [1.807, 2.05) is 12.1 Å². The number of non-ortho nitro benzene ring substituents is 1. The van der Waals surface area contributed by atoms with Gasteiger partial charge in [0.25, 0.3) is 5.69 Å². The number of hydrogen-bond acceptors (Lipinski definition) is 4. The van der Waals surface area contributed by atoms with Gasteiger partial charge in [-0.1, -0.05) is 23.7 Å². The molecular weight excluding hydrogens is 284 g/mol. The number of benzene rings is 2. The second-order valence-corrected chi connectivity index (χ2v) is 4.93. The Morgan fingerprint density at radius 1 is 1.11 bits per heavy atom. The molecule has 2 rings (SSSR count). The van der Waals surface area contributed by atoms with Crippen LogP contribution in [0.1, 0.15) is 5.56 Å². The van der Waals surface area contributed by atoms with Crippen molar-refractivity contribution in [1.29, 1.82) is 0 Å². The first-order valence-corrected chi connectivity index (χ1v) is 6.51. The minimum atomic E-state index is -0.425. The fourth-order valence-corrected chi connectivity index (χ4v) is 2.01. The quantitative estimate of drug-likeness (QED) is 0.364. The van der Waals surface area contributed by atoms with E-state index in [0.717, 1.165) is 10.5 Å². The van der Waals surface area contributed by atoms with Crippen LogP contribution in [0.5, 0.6) is 0 Å². The summed E-state index contributed by atoms with van der Waals surface area (Å²) in [7, 11) is 0. The van der Waals surface area contributed by atoms with Crippen molar-refractivity contribution in [3.63, 3.8) is 0 Å². The minimum Gasteiger partial charge on any atom is -0.258 e. The first-order chi connectivity index (χ1) is 9.15. The third-order valence-corrected chi connectivity index (χ3v) is 3.22. The molecule has 0 aliphatic rings. The van der Waals surface area contributed by atoms with Crippen molar-refractivity contribution in [2.75, 3.05) is 0 Å². The van der Waals surface area contributed by atoms with Gasteiger partial charge in [-0.2, -0.15) is 0 Å². The molecule has 6 heteroatoms. The van der Waals surface area contributed by atoms with Crippen LogP contribution in [0.2, 0.25) is 5.02 Å². The number of rotatable bonds is 4. The third-order valence-electron chi connectivity index (χ3n) is 2.28. The average Bonchev–Trinajstić information content (AvgIpc) is 2.41. The van der Waals surface area contributed by atoms with Crippen LogP contribution in [0.25, 0.3) is 0 Å². The summed E-state index contributed by atoms with van der Waals surface area (Å²) in [6, 6.07) is 13.6. The highest BCUT2D eigenvalue weighted by atomic mass is 35.5. The normalized spacial score (nSPS) is 10.8. The van der Waals surface area contributed by atoms with Crippen LogP contribution in [0, 0.1) is 10.1 Å². The molecule has 0 spiro atoms. The van der Waals surface area contributed by atoms with Crippen molar-refractivity contribution >= 4 is 35.5 Å². The summed E-state index contributed by atoms with van der Waals surface area (Å²) >= 11 is 7.03. The minimum absolute atomic E-state index is 0.0750. The molecule has 0 atom stereocenters. The summed E-state index contributed by atoms with van der Waals surface area (Å²) in [6.45, 7) is 0. The lowest BCUT2D eigenvalue weighted by Crippen LogP contribution is -1.86. The topological polar surface area (TPSA) is 55.5 Å². The van der Waals surface area contributed by atoms with Crippen LogP contribution in [0.15, 0.2) is 57.8 Å². The van der Waals surface area contributed by atoms with Crippen molar-refractivity contribution in [1.82, 2.24) is 0 Å². The van der Waals surface area contributed by atoms with Crippen LogP contribution in [0.3, 0.4) is 0 Å². The molecule has 0 aromatic heterocycles. The van der Waals surface area contributed by atoms with Crippen LogP contribution in [-0.4, -0.2) is 11.1 Å². The van der Waals surface area contributed by atoms with Crippen LogP contribution in [0.4, 0.5) is 5.69 Å². The Morgan fingerprint density at radius 2 is 1.74 bits per heavy atom. The van der Waals surface area contributed by atoms with Crippen molar-refractivity contribution in [2.45, 2.75) is 4.90 Å². The molecule has 0 fully saturated rings. The summed E-state index contributed by atoms with van der Waals surface area (Å²) in [4.78, 5) is 10.9. The van der Waals surface area contributed by atoms with E-state index >= 15 is 0 Å². The molecule has 0 aliphatic carbocycles. The molecule has 0 amide bonds. The standard InChI is InChI=1S/C13H9ClN2O2S/c14-11-3-1-10(2-4-11)9-15-19-13-7-5-12(6-8-13)16(17)18/h1-9H/b15-9+. The van der Waals surface area contributed by atoms with E-state index in [9.17, 15) is 10.1 Å². The fraction of sp³-hybridized carbons (Fsp3) is 0. The molecule has 96 valence electrons. The third kappa shape index (κ3) is 4.08. The molecule has 2 aromatic rings. The van der Waals surface area contributed by atoms with E-state index in [-0.39, 0.29) is 5.69 Å². The lowest BCUT2D eigenvalue weighted by Gasteiger charge is -1.96. The predicted molar refractivity (Wildman–Crippen MR) is 78.0 cm³/mol. The monoisotopic (exact) mass is 292 g/mol. The smallest absolute Gasteiger partial charge is 0.258 e. The summed E-state index contributed by atoms with van der Waals surface area (Å²) in [5, 5.41) is 11.2. The number of nitro groups is 1. The lowest BCUT2D eigenvalue weighted by atomic mass is 10.2. The maximum Gasteiger partial charge on any atom is 0.269 e. The molecule has 0 saturated carbocycles. The molecule has 19 heavy (non-hydrogen) atoms. The van der Waals surface area contributed by atoms with E-state index < -0.39 is 4.92 Å². The highest BCUT2D eigenvalue weighted by Crippen LogP contribution is 2.22. The Bertz CT molecular complexity index is 597. The summed E-state index contributed by atoms with van der Waals surface area (Å²) < 4.78 is 4.19. The molecule has 4 nitrogen and oxygen atoms in total. The highest BCUT2D eigenvalue weighted by Gasteiger charge is 2.03. The van der Waals surface area contributed by atoms with Crippen LogP contribution in [-0.2, 0) is 0 Å². The van der Waals surface area contributed by atoms with Crippen molar-refractivity contribution in [3.8, 4) is 0 Å². The van der Waals surface area contributed by atoms with Gasteiger partial charge in [0.1, 0.15) is 0 Å². The lowest BCUT2D eigenvalue weighted by molar-refractivity contribution is -0.384. The SMILES string of the molecule is O=[N+]([O-])c1ccc(S/N=C/c2ccc(Cl)cc2)cc1. The van der Waals surface area contributed by atoms with E-state index in [1.54, 1.807) is 30.5 Å². The van der Waals surface area contributed by atoms with Gasteiger partial charge in [0, 0.05) is 40.2 Å². The van der Waals surface area contributed by atoms with Gasteiger partial charge in [-0.05, 0) is 29.8 Å². The summed E-state index contributed by atoms with van der Waals surface area (Å²) in [6.07, 6.45) is 1.71. The highest BCUT2D eigenvalue weighted by molar-refractivity contribution is 7.98. The molecule has 0 heterocycles. The number of halogens is 1. The van der Waals surface area contributed by atoms with Gasteiger partial charge in [-0.3, -0.25) is 10.1 Å². The van der Waals surface area contributed by atoms with Gasteiger partial charge in [-0.25, -0.2) is 4.40 Å². The Labute approximate surface area is 119 Å². The zero-order valence-electron chi connectivity index (χ0n) is 9.69. The maximum atomic E-state index is 10.5. The summed E-state index contributed by atoms with van der Waals surface area (Å²) in [5.74, 6) is 0.